The van der Waals surface area contributed by atoms with Gasteiger partial charge in [0.25, 0.3) is 11.8 Å². The maximum absolute atomic E-state index is 13.6. The number of amides is 2. The molecule has 0 bridgehead atoms. The monoisotopic (exact) mass is 425 g/mol. The third kappa shape index (κ3) is 6.84. The number of ether oxygens (including phenoxy) is 1. The Morgan fingerprint density at radius 3 is 2.35 bits per heavy atom. The van der Waals surface area contributed by atoms with Gasteiger partial charge in [0, 0.05) is 24.9 Å². The molecule has 0 saturated carbocycles. The summed E-state index contributed by atoms with van der Waals surface area (Å²) in [6.07, 6.45) is 7.05. The van der Waals surface area contributed by atoms with Crippen molar-refractivity contribution >= 4 is 23.6 Å². The molecule has 0 aromatic heterocycles. The minimum absolute atomic E-state index is 0.0278. The summed E-state index contributed by atoms with van der Waals surface area (Å²) >= 11 is 0. The lowest BCUT2D eigenvalue weighted by Gasteiger charge is -2.22. The van der Waals surface area contributed by atoms with Crippen LogP contribution in [0.3, 0.4) is 0 Å². The maximum atomic E-state index is 13.6. The Kier molecular flexibility index (Phi) is 8.04. The Morgan fingerprint density at radius 1 is 1.00 bits per heavy atom. The predicted octanol–water partition coefficient (Wildman–Crippen LogP) is 3.83. The highest BCUT2D eigenvalue weighted by molar-refractivity contribution is 5.93. The van der Waals surface area contributed by atoms with Crippen LogP contribution >= 0.6 is 0 Å². The number of halogens is 1. The number of benzene rings is 2. The third-order valence-corrected chi connectivity index (χ3v) is 5.11. The van der Waals surface area contributed by atoms with E-state index in [1.54, 1.807) is 12.1 Å². The van der Waals surface area contributed by atoms with Crippen LogP contribution in [-0.2, 0) is 9.59 Å². The highest BCUT2D eigenvalue weighted by atomic mass is 19.1. The van der Waals surface area contributed by atoms with Crippen LogP contribution in [0.2, 0.25) is 0 Å². The van der Waals surface area contributed by atoms with Crippen LogP contribution in [0.1, 0.15) is 38.2 Å². The highest BCUT2D eigenvalue weighted by Gasteiger charge is 2.16. The van der Waals surface area contributed by atoms with E-state index in [0.29, 0.717) is 0 Å². The highest BCUT2D eigenvalue weighted by Crippen LogP contribution is 2.20. The molecule has 1 aliphatic heterocycles. The van der Waals surface area contributed by atoms with Gasteiger partial charge < -0.3 is 9.64 Å². The van der Waals surface area contributed by atoms with Crippen molar-refractivity contribution in [3.8, 4) is 5.75 Å². The molecule has 31 heavy (non-hydrogen) atoms. The van der Waals surface area contributed by atoms with Gasteiger partial charge in [0.15, 0.2) is 17.7 Å². The van der Waals surface area contributed by atoms with Crippen molar-refractivity contribution in [3.63, 3.8) is 0 Å². The zero-order chi connectivity index (χ0) is 22.1. The number of carbonyl (C=O) groups excluding carboxylic acids is 2. The second kappa shape index (κ2) is 11.2. The van der Waals surface area contributed by atoms with Gasteiger partial charge in [0.1, 0.15) is 0 Å². The van der Waals surface area contributed by atoms with Gasteiger partial charge in [0.05, 0.1) is 0 Å². The van der Waals surface area contributed by atoms with Crippen molar-refractivity contribution in [1.29, 1.82) is 0 Å². The van der Waals surface area contributed by atoms with Gasteiger partial charge in [-0.25, -0.2) is 4.39 Å². The average Bonchev–Trinajstić information content (AvgIpc) is 3.07. The smallest absolute Gasteiger partial charge is 0.279 e. The number of rotatable bonds is 6. The molecule has 1 atom stereocenters. The van der Waals surface area contributed by atoms with Crippen LogP contribution in [0.4, 0.5) is 10.1 Å². The summed E-state index contributed by atoms with van der Waals surface area (Å²) in [5.41, 5.74) is 6.65. The lowest BCUT2D eigenvalue weighted by Crippen LogP contribution is -2.46. The number of carbonyl (C=O) groups is 2. The molecule has 1 fully saturated rings. The lowest BCUT2D eigenvalue weighted by atomic mass is 10.1. The first-order chi connectivity index (χ1) is 15.0. The van der Waals surface area contributed by atoms with Crippen molar-refractivity contribution in [3.05, 3.63) is 66.0 Å². The van der Waals surface area contributed by atoms with Crippen molar-refractivity contribution in [2.45, 2.75) is 38.7 Å². The fourth-order valence-electron chi connectivity index (χ4n) is 3.35. The summed E-state index contributed by atoms with van der Waals surface area (Å²) < 4.78 is 18.9. The average molecular weight is 426 g/mol. The molecule has 7 heteroatoms. The molecule has 0 radical (unpaired) electrons. The zero-order valence-corrected chi connectivity index (χ0v) is 17.6. The minimum atomic E-state index is -0.979. The van der Waals surface area contributed by atoms with E-state index in [1.165, 1.54) is 62.6 Å². The molecule has 1 aliphatic rings. The molecular formula is C24H28FN3O3. The van der Waals surface area contributed by atoms with Gasteiger partial charge >= 0.3 is 0 Å². The Morgan fingerprint density at radius 2 is 1.68 bits per heavy atom. The molecular weight excluding hydrogens is 397 g/mol. The van der Waals surface area contributed by atoms with E-state index in [1.807, 2.05) is 12.1 Å². The standard InChI is InChI=1S/C24H28FN3O3/c1-18(31-22-9-5-4-8-21(22)25)24(30)27-26-23(29)15-12-19-10-13-20(14-11-19)28-16-6-2-3-7-17-28/h4-5,8-15,18H,2-3,6-7,16-17H2,1H3,(H,26,29)(H,27,30)/b15-12+/t18-/m0/s1. The summed E-state index contributed by atoms with van der Waals surface area (Å²) in [5, 5.41) is 0. The molecule has 1 saturated heterocycles. The molecule has 3 rings (SSSR count). The molecule has 2 aromatic rings. The van der Waals surface area contributed by atoms with E-state index in [0.717, 1.165) is 18.7 Å². The predicted molar refractivity (Wildman–Crippen MR) is 119 cm³/mol. The number of hydrogen-bond donors (Lipinski definition) is 2. The van der Waals surface area contributed by atoms with Crippen molar-refractivity contribution in [2.24, 2.45) is 0 Å². The number of hydrazine groups is 1. The molecule has 0 spiro atoms. The molecule has 1 heterocycles. The summed E-state index contributed by atoms with van der Waals surface area (Å²) in [6, 6.07) is 13.9. The number of anilines is 1. The molecule has 0 unspecified atom stereocenters. The lowest BCUT2D eigenvalue weighted by molar-refractivity contribution is -0.131. The Hall–Kier alpha value is -3.35. The van der Waals surface area contributed by atoms with Gasteiger partial charge in [-0.15, -0.1) is 0 Å². The molecule has 2 amide bonds. The van der Waals surface area contributed by atoms with Gasteiger partial charge in [-0.05, 0) is 55.7 Å². The second-order valence-corrected chi connectivity index (χ2v) is 7.50. The fraction of sp³-hybridized carbons (Fsp3) is 0.333. The van der Waals surface area contributed by atoms with E-state index < -0.39 is 23.7 Å². The first kappa shape index (κ1) is 22.3. The largest absolute Gasteiger partial charge is 0.478 e. The Bertz CT molecular complexity index is 907. The van der Waals surface area contributed by atoms with Crippen LogP contribution in [0.5, 0.6) is 5.75 Å². The molecule has 2 N–H and O–H groups in total. The summed E-state index contributed by atoms with van der Waals surface area (Å²) in [6.45, 7) is 3.63. The minimum Gasteiger partial charge on any atom is -0.478 e. The molecule has 0 aliphatic carbocycles. The SMILES string of the molecule is C[C@H](Oc1ccccc1F)C(=O)NNC(=O)/C=C/c1ccc(N2CCCCCC2)cc1. The fourth-order valence-corrected chi connectivity index (χ4v) is 3.35. The summed E-state index contributed by atoms with van der Waals surface area (Å²) in [7, 11) is 0. The first-order valence-electron chi connectivity index (χ1n) is 10.6. The van der Waals surface area contributed by atoms with Crippen molar-refractivity contribution in [2.75, 3.05) is 18.0 Å². The maximum Gasteiger partial charge on any atom is 0.279 e. The Labute approximate surface area is 182 Å². The number of nitrogens with zero attached hydrogens (tertiary/aromatic N) is 1. The topological polar surface area (TPSA) is 70.7 Å². The van der Waals surface area contributed by atoms with Gasteiger partial charge in [-0.2, -0.15) is 0 Å². The van der Waals surface area contributed by atoms with Gasteiger partial charge in [-0.1, -0.05) is 37.1 Å². The first-order valence-corrected chi connectivity index (χ1v) is 10.6. The zero-order valence-electron chi connectivity index (χ0n) is 17.6. The van der Waals surface area contributed by atoms with Gasteiger partial charge in [-0.3, -0.25) is 20.4 Å². The van der Waals surface area contributed by atoms with E-state index in [2.05, 4.69) is 27.9 Å². The van der Waals surface area contributed by atoms with E-state index in [4.69, 9.17) is 4.74 Å². The van der Waals surface area contributed by atoms with Crippen LogP contribution in [0, 0.1) is 5.82 Å². The Balaban J connectivity index is 1.45. The number of nitrogens with one attached hydrogen (secondary N) is 2. The second-order valence-electron chi connectivity index (χ2n) is 7.50. The normalized spacial score (nSPS) is 15.2. The van der Waals surface area contributed by atoms with Crippen LogP contribution in [0.15, 0.2) is 54.6 Å². The van der Waals surface area contributed by atoms with Crippen LogP contribution in [0.25, 0.3) is 6.08 Å². The van der Waals surface area contributed by atoms with E-state index in [-0.39, 0.29) is 5.75 Å². The van der Waals surface area contributed by atoms with E-state index >= 15 is 0 Å². The summed E-state index contributed by atoms with van der Waals surface area (Å²) in [5.74, 6) is -1.66. The number of hydrogen-bond acceptors (Lipinski definition) is 4. The van der Waals surface area contributed by atoms with Crippen molar-refractivity contribution < 1.29 is 18.7 Å². The quantitative estimate of drug-likeness (QED) is 0.545. The number of para-hydroxylation sites is 1. The third-order valence-electron chi connectivity index (χ3n) is 5.11. The molecule has 6 nitrogen and oxygen atoms in total. The summed E-state index contributed by atoms with van der Waals surface area (Å²) in [4.78, 5) is 26.4. The van der Waals surface area contributed by atoms with Gasteiger partial charge in [0.2, 0.25) is 0 Å². The molecule has 2 aromatic carbocycles. The van der Waals surface area contributed by atoms with Crippen LogP contribution < -0.4 is 20.5 Å². The van der Waals surface area contributed by atoms with Crippen molar-refractivity contribution in [1.82, 2.24) is 10.9 Å². The molecule has 164 valence electrons. The van der Waals surface area contributed by atoms with E-state index in [9.17, 15) is 14.0 Å². The van der Waals surface area contributed by atoms with Crippen LogP contribution in [-0.4, -0.2) is 31.0 Å².